The van der Waals surface area contributed by atoms with Crippen LogP contribution in [0.2, 0.25) is 5.02 Å². The van der Waals surface area contributed by atoms with Crippen LogP contribution in [-0.4, -0.2) is 56.1 Å². The van der Waals surface area contributed by atoms with E-state index in [-0.39, 0.29) is 0 Å². The van der Waals surface area contributed by atoms with Crippen LogP contribution in [0.4, 0.5) is 0 Å². The Labute approximate surface area is 128 Å². The second kappa shape index (κ2) is 10.2. The Bertz CT molecular complexity index is 349. The van der Waals surface area contributed by atoms with Gasteiger partial charge in [0.1, 0.15) is 0 Å². The standard InChI is InChI=1S/C16H28ClN3/c1-4-20(5-2)13-11-18-10-12-19(3)14-15-6-8-16(17)9-7-15/h6-9,18H,4-5,10-14H2,1-3H3. The summed E-state index contributed by atoms with van der Waals surface area (Å²) >= 11 is 5.89. The molecule has 0 heterocycles. The van der Waals surface area contributed by atoms with E-state index in [1.807, 2.05) is 12.1 Å². The molecule has 114 valence electrons. The molecular formula is C16H28ClN3. The lowest BCUT2D eigenvalue weighted by molar-refractivity contribution is 0.291. The van der Waals surface area contributed by atoms with E-state index in [2.05, 4.69) is 48.1 Å². The summed E-state index contributed by atoms with van der Waals surface area (Å²) in [5.41, 5.74) is 1.31. The first-order valence-electron chi connectivity index (χ1n) is 7.51. The number of likely N-dealkylation sites (N-methyl/N-ethyl adjacent to an activating group) is 2. The molecule has 20 heavy (non-hydrogen) atoms. The number of nitrogens with one attached hydrogen (secondary N) is 1. The Morgan fingerprint density at radius 1 is 1.00 bits per heavy atom. The molecule has 0 atom stereocenters. The summed E-state index contributed by atoms with van der Waals surface area (Å²) in [6.45, 7) is 11.9. The third-order valence-corrected chi connectivity index (χ3v) is 3.79. The predicted octanol–water partition coefficient (Wildman–Crippen LogP) is 2.70. The van der Waals surface area contributed by atoms with Gasteiger partial charge in [0.25, 0.3) is 0 Å². The lowest BCUT2D eigenvalue weighted by Gasteiger charge is -2.20. The van der Waals surface area contributed by atoms with Crippen molar-refractivity contribution in [2.24, 2.45) is 0 Å². The van der Waals surface area contributed by atoms with Crippen LogP contribution in [0.3, 0.4) is 0 Å². The van der Waals surface area contributed by atoms with E-state index >= 15 is 0 Å². The lowest BCUT2D eigenvalue weighted by Crippen LogP contribution is -2.35. The molecule has 0 saturated carbocycles. The number of rotatable bonds is 10. The van der Waals surface area contributed by atoms with Gasteiger partial charge in [-0.25, -0.2) is 0 Å². The van der Waals surface area contributed by atoms with Crippen LogP contribution in [0.1, 0.15) is 19.4 Å². The molecule has 0 saturated heterocycles. The van der Waals surface area contributed by atoms with Gasteiger partial charge in [-0.15, -0.1) is 0 Å². The van der Waals surface area contributed by atoms with E-state index in [9.17, 15) is 0 Å². The average Bonchev–Trinajstić information content (AvgIpc) is 2.45. The van der Waals surface area contributed by atoms with E-state index in [4.69, 9.17) is 11.6 Å². The summed E-state index contributed by atoms with van der Waals surface area (Å²) in [7, 11) is 2.15. The number of benzene rings is 1. The highest BCUT2D eigenvalue weighted by atomic mass is 35.5. The van der Waals surface area contributed by atoms with Crippen LogP contribution < -0.4 is 5.32 Å². The molecule has 0 aromatic heterocycles. The fourth-order valence-corrected chi connectivity index (χ4v) is 2.28. The molecule has 4 heteroatoms. The first kappa shape index (κ1) is 17.4. The molecule has 0 aliphatic rings. The summed E-state index contributed by atoms with van der Waals surface area (Å²) in [5, 5.41) is 4.31. The van der Waals surface area contributed by atoms with Gasteiger partial charge >= 0.3 is 0 Å². The Morgan fingerprint density at radius 3 is 2.20 bits per heavy atom. The summed E-state index contributed by atoms with van der Waals surface area (Å²) in [6.07, 6.45) is 0. The fourth-order valence-electron chi connectivity index (χ4n) is 2.15. The number of hydrogen-bond acceptors (Lipinski definition) is 3. The van der Waals surface area contributed by atoms with Gasteiger partial charge in [0, 0.05) is 37.7 Å². The number of halogens is 1. The van der Waals surface area contributed by atoms with Crippen LogP contribution in [0.25, 0.3) is 0 Å². The van der Waals surface area contributed by atoms with Crippen molar-refractivity contribution in [3.05, 3.63) is 34.9 Å². The fraction of sp³-hybridized carbons (Fsp3) is 0.625. The van der Waals surface area contributed by atoms with Gasteiger partial charge < -0.3 is 15.1 Å². The van der Waals surface area contributed by atoms with Crippen LogP contribution in [0.15, 0.2) is 24.3 Å². The molecule has 1 aromatic rings. The molecule has 0 spiro atoms. The molecule has 0 bridgehead atoms. The number of hydrogen-bond donors (Lipinski definition) is 1. The normalized spacial score (nSPS) is 11.5. The topological polar surface area (TPSA) is 18.5 Å². The van der Waals surface area contributed by atoms with Gasteiger partial charge in [0.15, 0.2) is 0 Å². The van der Waals surface area contributed by atoms with E-state index in [1.54, 1.807) is 0 Å². The van der Waals surface area contributed by atoms with Crippen LogP contribution in [-0.2, 0) is 6.54 Å². The van der Waals surface area contributed by atoms with Crippen molar-refractivity contribution in [2.45, 2.75) is 20.4 Å². The van der Waals surface area contributed by atoms with Gasteiger partial charge in [-0.1, -0.05) is 37.6 Å². The smallest absolute Gasteiger partial charge is 0.0406 e. The summed E-state index contributed by atoms with van der Waals surface area (Å²) in [5.74, 6) is 0. The van der Waals surface area contributed by atoms with Crippen molar-refractivity contribution in [1.29, 1.82) is 0 Å². The first-order chi connectivity index (χ1) is 9.65. The second-order valence-corrected chi connectivity index (χ2v) is 5.58. The molecule has 1 N–H and O–H groups in total. The molecule has 1 aromatic carbocycles. The van der Waals surface area contributed by atoms with E-state index in [0.717, 1.165) is 50.8 Å². The zero-order valence-electron chi connectivity index (χ0n) is 13.0. The highest BCUT2D eigenvalue weighted by Gasteiger charge is 2.01. The van der Waals surface area contributed by atoms with Gasteiger partial charge in [-0.05, 0) is 37.8 Å². The molecule has 3 nitrogen and oxygen atoms in total. The molecule has 1 rings (SSSR count). The van der Waals surface area contributed by atoms with Crippen LogP contribution in [0.5, 0.6) is 0 Å². The summed E-state index contributed by atoms with van der Waals surface area (Å²) < 4.78 is 0. The quantitative estimate of drug-likeness (QED) is 0.670. The molecule has 0 aliphatic carbocycles. The zero-order chi connectivity index (χ0) is 14.8. The maximum atomic E-state index is 5.89. The lowest BCUT2D eigenvalue weighted by atomic mass is 10.2. The first-order valence-corrected chi connectivity index (χ1v) is 7.89. The highest BCUT2D eigenvalue weighted by Crippen LogP contribution is 2.10. The third-order valence-electron chi connectivity index (χ3n) is 3.54. The molecule has 0 amide bonds. The van der Waals surface area contributed by atoms with Crippen molar-refractivity contribution in [1.82, 2.24) is 15.1 Å². The Balaban J connectivity index is 2.11. The van der Waals surface area contributed by atoms with Crippen molar-refractivity contribution in [3.8, 4) is 0 Å². The van der Waals surface area contributed by atoms with Gasteiger partial charge in [-0.3, -0.25) is 0 Å². The Kier molecular flexibility index (Phi) is 8.86. The second-order valence-electron chi connectivity index (χ2n) is 5.14. The van der Waals surface area contributed by atoms with Crippen LogP contribution in [0, 0.1) is 0 Å². The Morgan fingerprint density at radius 2 is 1.60 bits per heavy atom. The minimum Gasteiger partial charge on any atom is -0.314 e. The van der Waals surface area contributed by atoms with Crippen molar-refractivity contribution in [3.63, 3.8) is 0 Å². The summed E-state index contributed by atoms with van der Waals surface area (Å²) in [6, 6.07) is 8.08. The van der Waals surface area contributed by atoms with Crippen molar-refractivity contribution in [2.75, 3.05) is 46.3 Å². The minimum absolute atomic E-state index is 0.800. The molecule has 0 unspecified atom stereocenters. The number of nitrogens with zero attached hydrogens (tertiary/aromatic N) is 2. The molecule has 0 fully saturated rings. The van der Waals surface area contributed by atoms with Crippen molar-refractivity contribution >= 4 is 11.6 Å². The zero-order valence-corrected chi connectivity index (χ0v) is 13.8. The molecule has 0 radical (unpaired) electrons. The van der Waals surface area contributed by atoms with Crippen molar-refractivity contribution < 1.29 is 0 Å². The molecule has 0 aliphatic heterocycles. The van der Waals surface area contributed by atoms with E-state index in [0.29, 0.717) is 0 Å². The van der Waals surface area contributed by atoms with Gasteiger partial charge in [-0.2, -0.15) is 0 Å². The van der Waals surface area contributed by atoms with Crippen LogP contribution >= 0.6 is 11.6 Å². The van der Waals surface area contributed by atoms with E-state index in [1.165, 1.54) is 5.56 Å². The van der Waals surface area contributed by atoms with E-state index < -0.39 is 0 Å². The average molecular weight is 298 g/mol. The van der Waals surface area contributed by atoms with Gasteiger partial charge in [0.2, 0.25) is 0 Å². The highest BCUT2D eigenvalue weighted by molar-refractivity contribution is 6.30. The largest absolute Gasteiger partial charge is 0.314 e. The monoisotopic (exact) mass is 297 g/mol. The SMILES string of the molecule is CCN(CC)CCNCCN(C)Cc1ccc(Cl)cc1. The third kappa shape index (κ3) is 7.25. The molecular weight excluding hydrogens is 270 g/mol. The summed E-state index contributed by atoms with van der Waals surface area (Å²) in [4.78, 5) is 4.76. The maximum absolute atomic E-state index is 5.89. The Hall–Kier alpha value is -0.610. The minimum atomic E-state index is 0.800. The van der Waals surface area contributed by atoms with Gasteiger partial charge in [0.05, 0.1) is 0 Å². The maximum Gasteiger partial charge on any atom is 0.0406 e. The predicted molar refractivity (Wildman–Crippen MR) is 88.4 cm³/mol.